The van der Waals surface area contributed by atoms with Crippen LogP contribution in [0.5, 0.6) is 11.5 Å². The first kappa shape index (κ1) is 25.9. The van der Waals surface area contributed by atoms with E-state index in [2.05, 4.69) is 6.58 Å². The van der Waals surface area contributed by atoms with Crippen LogP contribution in [0.25, 0.3) is 22.1 Å². The van der Waals surface area contributed by atoms with Crippen LogP contribution in [0.4, 0.5) is 13.2 Å². The zero-order valence-corrected chi connectivity index (χ0v) is 19.5. The quantitative estimate of drug-likeness (QED) is 0.213. The van der Waals surface area contributed by atoms with Crippen LogP contribution in [0.1, 0.15) is 18.9 Å². The zero-order valence-electron chi connectivity index (χ0n) is 19.5. The number of halogens is 3. The lowest BCUT2D eigenvalue weighted by Crippen LogP contribution is -2.36. The topological polar surface area (TPSA) is 75.0 Å². The number of benzene rings is 2. The van der Waals surface area contributed by atoms with Crippen molar-refractivity contribution in [3.8, 4) is 22.6 Å². The van der Waals surface area contributed by atoms with Gasteiger partial charge in [0.05, 0.1) is 25.7 Å². The highest BCUT2D eigenvalue weighted by Gasteiger charge is 2.41. The molecule has 3 rings (SSSR count). The molecule has 0 bridgehead atoms. The fourth-order valence-electron chi connectivity index (χ4n) is 3.62. The lowest BCUT2D eigenvalue weighted by Gasteiger charge is -2.29. The minimum Gasteiger partial charge on any atom is -0.497 e. The molecular weight excluding hydrogens is 465 g/mol. The largest absolute Gasteiger partial charge is 0.497 e. The summed E-state index contributed by atoms with van der Waals surface area (Å²) in [4.78, 5) is 24.0. The van der Waals surface area contributed by atoms with Crippen molar-refractivity contribution in [2.45, 2.75) is 26.4 Å². The van der Waals surface area contributed by atoms with Crippen molar-refractivity contribution in [3.63, 3.8) is 0 Å². The molecule has 0 aliphatic rings. The first-order valence-electron chi connectivity index (χ1n) is 10.6. The summed E-state index contributed by atoms with van der Waals surface area (Å²) in [6, 6.07) is 11.6. The third-order valence-electron chi connectivity index (χ3n) is 5.38. The molecule has 1 heterocycles. The molecule has 0 aliphatic heterocycles. The Hall–Kier alpha value is -3.75. The second kappa shape index (κ2) is 10.2. The Morgan fingerprint density at radius 2 is 1.77 bits per heavy atom. The van der Waals surface area contributed by atoms with Crippen molar-refractivity contribution in [2.75, 3.05) is 20.3 Å². The SMILES string of the molecule is C=CC(=O)OCC(C)(COc1ccc2cc(-c3ccc(OC)cc3C)c(=O)oc2c1)CC(F)(F)F. The molecule has 9 heteroatoms. The van der Waals surface area contributed by atoms with Gasteiger partial charge in [-0.1, -0.05) is 19.6 Å². The van der Waals surface area contributed by atoms with E-state index in [1.165, 1.54) is 13.0 Å². The highest BCUT2D eigenvalue weighted by molar-refractivity contribution is 5.83. The van der Waals surface area contributed by atoms with Crippen molar-refractivity contribution in [1.82, 2.24) is 0 Å². The summed E-state index contributed by atoms with van der Waals surface area (Å²) in [5, 5.41) is 0.611. The molecule has 0 amide bonds. The molecule has 35 heavy (non-hydrogen) atoms. The Labute approximate surface area is 199 Å². The van der Waals surface area contributed by atoms with Crippen LogP contribution in [0.2, 0.25) is 0 Å². The van der Waals surface area contributed by atoms with E-state index >= 15 is 0 Å². The van der Waals surface area contributed by atoms with Crippen LogP contribution >= 0.6 is 0 Å². The number of esters is 1. The number of carbonyl (C=O) groups excluding carboxylic acids is 1. The van der Waals surface area contributed by atoms with E-state index < -0.39 is 42.8 Å². The van der Waals surface area contributed by atoms with Gasteiger partial charge in [-0.2, -0.15) is 13.2 Å². The van der Waals surface area contributed by atoms with Crippen LogP contribution in [0, 0.1) is 12.3 Å². The van der Waals surface area contributed by atoms with Crippen molar-refractivity contribution in [2.24, 2.45) is 5.41 Å². The van der Waals surface area contributed by atoms with E-state index in [1.807, 2.05) is 6.92 Å². The summed E-state index contributed by atoms with van der Waals surface area (Å²) in [6.45, 7) is 5.49. The van der Waals surface area contributed by atoms with Gasteiger partial charge >= 0.3 is 17.8 Å². The number of carbonyl (C=O) groups is 1. The van der Waals surface area contributed by atoms with E-state index in [9.17, 15) is 22.8 Å². The predicted octanol–water partition coefficient (Wildman–Crippen LogP) is 5.84. The number of fused-ring (bicyclic) bond motifs is 1. The molecule has 1 unspecified atom stereocenters. The Morgan fingerprint density at radius 3 is 2.40 bits per heavy atom. The Bertz CT molecular complexity index is 1290. The smallest absolute Gasteiger partial charge is 0.389 e. The van der Waals surface area contributed by atoms with Crippen LogP contribution in [-0.4, -0.2) is 32.5 Å². The molecule has 0 saturated heterocycles. The number of rotatable bonds is 9. The van der Waals surface area contributed by atoms with Gasteiger partial charge in [-0.15, -0.1) is 0 Å². The molecule has 0 fully saturated rings. The minimum absolute atomic E-state index is 0.206. The van der Waals surface area contributed by atoms with Crippen LogP contribution in [0.3, 0.4) is 0 Å². The van der Waals surface area contributed by atoms with Crippen LogP contribution in [0.15, 0.2) is 64.3 Å². The molecule has 0 radical (unpaired) electrons. The van der Waals surface area contributed by atoms with Gasteiger partial charge in [0.1, 0.15) is 23.7 Å². The summed E-state index contributed by atoms with van der Waals surface area (Å²) in [5.74, 6) is 0.0428. The van der Waals surface area contributed by atoms with E-state index in [0.29, 0.717) is 22.3 Å². The highest BCUT2D eigenvalue weighted by Crippen LogP contribution is 2.35. The van der Waals surface area contributed by atoms with Gasteiger partial charge in [0.25, 0.3) is 0 Å². The first-order valence-corrected chi connectivity index (χ1v) is 10.6. The lowest BCUT2D eigenvalue weighted by atomic mass is 9.88. The normalized spacial score (nSPS) is 13.2. The average Bonchev–Trinajstić information content (AvgIpc) is 2.79. The Morgan fingerprint density at radius 1 is 1.06 bits per heavy atom. The van der Waals surface area contributed by atoms with Crippen LogP contribution < -0.4 is 15.1 Å². The van der Waals surface area contributed by atoms with Gasteiger partial charge < -0.3 is 18.6 Å². The highest BCUT2D eigenvalue weighted by atomic mass is 19.4. The maximum atomic E-state index is 13.1. The van der Waals surface area contributed by atoms with Crippen molar-refractivity contribution < 1.29 is 36.6 Å². The number of aryl methyl sites for hydroxylation is 1. The molecular formula is C26H25F3O6. The zero-order chi connectivity index (χ0) is 25.8. The maximum Gasteiger partial charge on any atom is 0.389 e. The fraction of sp³-hybridized carbons (Fsp3) is 0.308. The van der Waals surface area contributed by atoms with E-state index in [4.69, 9.17) is 18.6 Å². The average molecular weight is 490 g/mol. The Balaban J connectivity index is 1.85. The van der Waals surface area contributed by atoms with Crippen molar-refractivity contribution in [3.05, 3.63) is 71.1 Å². The van der Waals surface area contributed by atoms with Crippen LogP contribution in [-0.2, 0) is 9.53 Å². The van der Waals surface area contributed by atoms with Gasteiger partial charge in [-0.3, -0.25) is 0 Å². The summed E-state index contributed by atoms with van der Waals surface area (Å²) < 4.78 is 60.5. The van der Waals surface area contributed by atoms with Gasteiger partial charge in [-0.25, -0.2) is 9.59 Å². The van der Waals surface area contributed by atoms with Crippen molar-refractivity contribution >= 4 is 16.9 Å². The molecule has 0 N–H and O–H groups in total. The second-order valence-electron chi connectivity index (χ2n) is 8.53. The van der Waals surface area contributed by atoms with E-state index in [1.54, 1.807) is 43.5 Å². The monoisotopic (exact) mass is 490 g/mol. The van der Waals surface area contributed by atoms with Gasteiger partial charge in [0, 0.05) is 22.9 Å². The summed E-state index contributed by atoms with van der Waals surface area (Å²) in [6.07, 6.45) is -4.84. The molecule has 2 aromatic carbocycles. The molecule has 1 aromatic heterocycles. The van der Waals surface area contributed by atoms with Gasteiger partial charge in [-0.05, 0) is 48.4 Å². The molecule has 3 aromatic rings. The molecule has 0 saturated carbocycles. The predicted molar refractivity (Wildman–Crippen MR) is 125 cm³/mol. The fourth-order valence-corrected chi connectivity index (χ4v) is 3.62. The van der Waals surface area contributed by atoms with Gasteiger partial charge in [0.2, 0.25) is 0 Å². The van der Waals surface area contributed by atoms with E-state index in [0.717, 1.165) is 11.6 Å². The van der Waals surface area contributed by atoms with Crippen molar-refractivity contribution in [1.29, 1.82) is 0 Å². The first-order chi connectivity index (χ1) is 16.4. The number of hydrogen-bond acceptors (Lipinski definition) is 6. The molecule has 0 spiro atoms. The standard InChI is InChI=1S/C26H25F3O6/c1-5-23(30)34-15-25(3,13-26(27,28)29)14-33-19-7-6-17-11-21(24(31)35-22(17)12-19)20-9-8-18(32-4)10-16(20)2/h5-12H,1,13-15H2,2-4H3. The number of alkyl halides is 3. The number of methoxy groups -OCH3 is 1. The minimum atomic E-state index is -4.50. The third kappa shape index (κ3) is 6.65. The van der Waals surface area contributed by atoms with E-state index in [-0.39, 0.29) is 11.3 Å². The second-order valence-corrected chi connectivity index (χ2v) is 8.53. The summed E-state index contributed by atoms with van der Waals surface area (Å²) >= 11 is 0. The lowest BCUT2D eigenvalue weighted by molar-refractivity contribution is -0.172. The molecule has 0 aliphatic carbocycles. The molecule has 186 valence electrons. The number of hydrogen-bond donors (Lipinski definition) is 0. The Kier molecular flexibility index (Phi) is 7.57. The van der Waals surface area contributed by atoms with Gasteiger partial charge in [0.15, 0.2) is 0 Å². The summed E-state index contributed by atoms with van der Waals surface area (Å²) in [7, 11) is 1.55. The maximum absolute atomic E-state index is 13.1. The molecule has 1 atom stereocenters. The summed E-state index contributed by atoms with van der Waals surface area (Å²) in [5.41, 5.74) is 0.00533. The molecule has 6 nitrogen and oxygen atoms in total. The third-order valence-corrected chi connectivity index (χ3v) is 5.38. The number of ether oxygens (including phenoxy) is 3.